The van der Waals surface area contributed by atoms with Gasteiger partial charge >= 0.3 is 0 Å². The van der Waals surface area contributed by atoms with Crippen molar-refractivity contribution in [2.75, 3.05) is 5.32 Å². The monoisotopic (exact) mass is 409 g/mol. The van der Waals surface area contributed by atoms with E-state index in [1.807, 2.05) is 36.4 Å². The number of fused-ring (bicyclic) bond motifs is 1. The highest BCUT2D eigenvalue weighted by Gasteiger charge is 2.07. The molecule has 6 heteroatoms. The van der Waals surface area contributed by atoms with Crippen molar-refractivity contribution in [1.82, 2.24) is 9.55 Å². The van der Waals surface area contributed by atoms with Gasteiger partial charge in [-0.25, -0.2) is 0 Å². The number of nitrogens with one attached hydrogen (secondary N) is 2. The molecule has 3 rings (SSSR count). The van der Waals surface area contributed by atoms with Gasteiger partial charge in [0.2, 0.25) is 5.91 Å². The van der Waals surface area contributed by atoms with Crippen LogP contribution in [-0.2, 0) is 11.3 Å². The van der Waals surface area contributed by atoms with E-state index < -0.39 is 0 Å². The fraction of sp³-hybridized carbons (Fsp3) is 0.348. The summed E-state index contributed by atoms with van der Waals surface area (Å²) in [5.41, 5.74) is 2.75. The number of carbonyl (C=O) groups excluding carboxylic acids is 1. The largest absolute Gasteiger partial charge is 0.332 e. The molecule has 1 aromatic heterocycles. The number of anilines is 1. The van der Waals surface area contributed by atoms with Crippen LogP contribution >= 0.6 is 12.2 Å². The number of amides is 1. The van der Waals surface area contributed by atoms with E-state index >= 15 is 0 Å². The van der Waals surface area contributed by atoms with E-state index in [0.717, 1.165) is 30.5 Å². The molecule has 5 nitrogen and oxygen atoms in total. The minimum atomic E-state index is -0.0628. The average molecular weight is 410 g/mol. The van der Waals surface area contributed by atoms with Crippen LogP contribution in [0.4, 0.5) is 5.69 Å². The van der Waals surface area contributed by atoms with Crippen LogP contribution in [0.5, 0.6) is 0 Å². The maximum Gasteiger partial charge on any atom is 0.262 e. The molecule has 0 aliphatic rings. The number of rotatable bonds is 8. The Hall–Kier alpha value is -2.73. The molecular formula is C23H27N3O2S. The summed E-state index contributed by atoms with van der Waals surface area (Å²) in [4.78, 5) is 27.9. The third-order valence-electron chi connectivity index (χ3n) is 5.01. The van der Waals surface area contributed by atoms with Crippen LogP contribution < -0.4 is 10.9 Å². The zero-order valence-electron chi connectivity index (χ0n) is 16.9. The van der Waals surface area contributed by atoms with E-state index in [2.05, 4.69) is 30.2 Å². The van der Waals surface area contributed by atoms with Crippen LogP contribution in [0.15, 0.2) is 53.3 Å². The Labute approximate surface area is 175 Å². The third kappa shape index (κ3) is 5.41. The smallest absolute Gasteiger partial charge is 0.262 e. The van der Waals surface area contributed by atoms with Crippen LogP contribution in [-0.4, -0.2) is 15.5 Å². The van der Waals surface area contributed by atoms with E-state index in [1.165, 1.54) is 5.56 Å². The molecule has 29 heavy (non-hydrogen) atoms. The molecule has 0 aliphatic carbocycles. The minimum absolute atomic E-state index is 0.0195. The van der Waals surface area contributed by atoms with Crippen LogP contribution in [0.25, 0.3) is 10.9 Å². The highest BCUT2D eigenvalue weighted by molar-refractivity contribution is 7.71. The fourth-order valence-corrected chi connectivity index (χ4v) is 3.62. The molecule has 152 valence electrons. The van der Waals surface area contributed by atoms with Gasteiger partial charge in [-0.2, -0.15) is 0 Å². The number of hydrogen-bond donors (Lipinski definition) is 2. The molecule has 0 aliphatic heterocycles. The molecule has 0 radical (unpaired) electrons. The number of unbranched alkanes of at least 4 members (excludes halogenated alkanes) is 2. The summed E-state index contributed by atoms with van der Waals surface area (Å²) in [6.45, 7) is 4.82. The fourth-order valence-electron chi connectivity index (χ4n) is 3.33. The zero-order valence-corrected chi connectivity index (χ0v) is 17.7. The number of aromatic amines is 1. The van der Waals surface area contributed by atoms with E-state index in [-0.39, 0.29) is 11.5 Å². The van der Waals surface area contributed by atoms with E-state index in [0.29, 0.717) is 29.0 Å². The topological polar surface area (TPSA) is 66.9 Å². The number of para-hydroxylation sites is 1. The Kier molecular flexibility index (Phi) is 6.99. The Morgan fingerprint density at radius 2 is 1.90 bits per heavy atom. The van der Waals surface area contributed by atoms with Crippen molar-refractivity contribution in [2.45, 2.75) is 52.0 Å². The van der Waals surface area contributed by atoms with Crippen molar-refractivity contribution in [2.24, 2.45) is 0 Å². The van der Waals surface area contributed by atoms with Gasteiger partial charge in [-0.3, -0.25) is 14.2 Å². The molecule has 1 heterocycles. The van der Waals surface area contributed by atoms with Crippen LogP contribution in [0.2, 0.25) is 0 Å². The zero-order chi connectivity index (χ0) is 20.8. The van der Waals surface area contributed by atoms with Gasteiger partial charge in [0.1, 0.15) is 0 Å². The molecule has 3 aromatic rings. The summed E-state index contributed by atoms with van der Waals surface area (Å²) in [5, 5.41) is 3.61. The van der Waals surface area contributed by atoms with Crippen molar-refractivity contribution < 1.29 is 4.79 Å². The Balaban J connectivity index is 1.48. The first kappa shape index (κ1) is 21.0. The molecule has 2 aromatic carbocycles. The number of H-pyrrole nitrogens is 1. The predicted molar refractivity (Wildman–Crippen MR) is 121 cm³/mol. The highest BCUT2D eigenvalue weighted by Crippen LogP contribution is 2.18. The normalized spacial score (nSPS) is 11.1. The van der Waals surface area contributed by atoms with Crippen LogP contribution in [0.1, 0.15) is 51.0 Å². The third-order valence-corrected chi connectivity index (χ3v) is 5.33. The van der Waals surface area contributed by atoms with Gasteiger partial charge in [0.15, 0.2) is 4.77 Å². The Morgan fingerprint density at radius 3 is 2.69 bits per heavy atom. The number of aromatic nitrogens is 2. The quantitative estimate of drug-likeness (QED) is 0.388. The summed E-state index contributed by atoms with van der Waals surface area (Å²) < 4.78 is 2.05. The van der Waals surface area contributed by atoms with E-state index in [4.69, 9.17) is 12.2 Å². The second-order valence-electron chi connectivity index (χ2n) is 7.57. The maximum absolute atomic E-state index is 12.6. The lowest BCUT2D eigenvalue weighted by molar-refractivity contribution is -0.116. The van der Waals surface area contributed by atoms with Gasteiger partial charge in [-0.15, -0.1) is 0 Å². The van der Waals surface area contributed by atoms with Crippen molar-refractivity contribution >= 4 is 34.7 Å². The van der Waals surface area contributed by atoms with Crippen LogP contribution in [0, 0.1) is 4.77 Å². The standard InChI is InChI=1S/C23H27N3O2S/c1-16(2)17-9-8-10-18(15-17)24-21(27)13-4-3-7-14-26-22(28)19-11-5-6-12-20(19)25-23(26)29/h5-6,8-12,15-16H,3-4,7,13-14H2,1-2H3,(H,24,27)(H,25,29). The maximum atomic E-state index is 12.6. The molecule has 0 saturated carbocycles. The lowest BCUT2D eigenvalue weighted by Gasteiger charge is -2.10. The summed E-state index contributed by atoms with van der Waals surface area (Å²) in [6, 6.07) is 15.4. The number of carbonyl (C=O) groups is 1. The molecule has 0 spiro atoms. The van der Waals surface area contributed by atoms with Gasteiger partial charge in [-0.1, -0.05) is 44.5 Å². The molecule has 0 fully saturated rings. The lowest BCUT2D eigenvalue weighted by Crippen LogP contribution is -2.22. The number of hydrogen-bond acceptors (Lipinski definition) is 3. The van der Waals surface area contributed by atoms with Gasteiger partial charge < -0.3 is 10.3 Å². The number of benzene rings is 2. The Bertz CT molecular complexity index is 1110. The SMILES string of the molecule is CC(C)c1cccc(NC(=O)CCCCCn2c(=S)[nH]c3ccccc3c2=O)c1. The van der Waals surface area contributed by atoms with E-state index in [9.17, 15) is 9.59 Å². The van der Waals surface area contributed by atoms with Crippen LogP contribution in [0.3, 0.4) is 0 Å². The van der Waals surface area contributed by atoms with Gasteiger partial charge in [-0.05, 0) is 60.8 Å². The summed E-state index contributed by atoms with van der Waals surface area (Å²) in [5.74, 6) is 0.447. The van der Waals surface area contributed by atoms with Crippen molar-refractivity contribution in [1.29, 1.82) is 0 Å². The number of nitrogens with zero attached hydrogens (tertiary/aromatic N) is 1. The molecular weight excluding hydrogens is 382 g/mol. The van der Waals surface area contributed by atoms with Gasteiger partial charge in [0.05, 0.1) is 10.9 Å². The first-order valence-electron chi connectivity index (χ1n) is 10.1. The lowest BCUT2D eigenvalue weighted by atomic mass is 10.0. The summed E-state index contributed by atoms with van der Waals surface area (Å²) in [6.07, 6.45) is 2.89. The first-order valence-corrected chi connectivity index (χ1v) is 10.5. The summed E-state index contributed by atoms with van der Waals surface area (Å²) >= 11 is 5.33. The van der Waals surface area contributed by atoms with Crippen molar-refractivity contribution in [3.05, 3.63) is 69.2 Å². The molecule has 1 amide bonds. The second-order valence-corrected chi connectivity index (χ2v) is 7.96. The minimum Gasteiger partial charge on any atom is -0.332 e. The second kappa shape index (κ2) is 9.65. The van der Waals surface area contributed by atoms with Gasteiger partial charge in [0, 0.05) is 18.7 Å². The molecule has 0 saturated heterocycles. The summed E-state index contributed by atoms with van der Waals surface area (Å²) in [7, 11) is 0. The van der Waals surface area contributed by atoms with Crippen molar-refractivity contribution in [3.63, 3.8) is 0 Å². The first-order chi connectivity index (χ1) is 14.0. The molecule has 0 unspecified atom stereocenters. The molecule has 2 N–H and O–H groups in total. The average Bonchev–Trinajstić information content (AvgIpc) is 2.70. The van der Waals surface area contributed by atoms with Gasteiger partial charge in [0.25, 0.3) is 5.56 Å². The molecule has 0 bridgehead atoms. The Morgan fingerprint density at radius 1 is 1.10 bits per heavy atom. The van der Waals surface area contributed by atoms with E-state index in [1.54, 1.807) is 10.6 Å². The predicted octanol–water partition coefficient (Wildman–Crippen LogP) is 5.38. The molecule has 0 atom stereocenters. The highest BCUT2D eigenvalue weighted by atomic mass is 32.1. The van der Waals surface area contributed by atoms with Crippen molar-refractivity contribution in [3.8, 4) is 0 Å².